The number of nitro benzene ring substituents is 1. The lowest BCUT2D eigenvalue weighted by atomic mass is 10.2. The van der Waals surface area contributed by atoms with E-state index < -0.39 is 4.92 Å². The van der Waals surface area contributed by atoms with Crippen LogP contribution < -0.4 is 5.43 Å². The van der Waals surface area contributed by atoms with Crippen LogP contribution in [0, 0.1) is 10.1 Å². The number of nitro groups is 1. The highest BCUT2D eigenvalue weighted by molar-refractivity contribution is 6.30. The molecule has 2 aromatic carbocycles. The van der Waals surface area contributed by atoms with Gasteiger partial charge in [0.2, 0.25) is 0 Å². The zero-order chi connectivity index (χ0) is 16.9. The minimum atomic E-state index is -0.450. The second-order valence-electron chi connectivity index (χ2n) is 4.88. The largest absolute Gasteiger partial charge is 0.455 e. The van der Waals surface area contributed by atoms with E-state index in [0.29, 0.717) is 22.2 Å². The molecule has 0 amide bonds. The predicted molar refractivity (Wildman–Crippen MR) is 93.5 cm³/mol. The highest BCUT2D eigenvalue weighted by Crippen LogP contribution is 2.23. The number of rotatable bonds is 5. The van der Waals surface area contributed by atoms with E-state index in [9.17, 15) is 10.1 Å². The van der Waals surface area contributed by atoms with E-state index in [0.717, 1.165) is 5.56 Å². The SMILES string of the molecule is O=[N+]([O-])c1ccc(N/N=C\c2ccc(-c3ccc(Cl)cc3)o2)cc1. The maximum atomic E-state index is 10.6. The van der Waals surface area contributed by atoms with Crippen LogP contribution in [-0.2, 0) is 0 Å². The van der Waals surface area contributed by atoms with Crippen LogP contribution in [0.1, 0.15) is 5.76 Å². The molecule has 0 bridgehead atoms. The molecule has 0 spiro atoms. The molecule has 120 valence electrons. The van der Waals surface area contributed by atoms with Crippen LogP contribution in [0.15, 0.2) is 70.2 Å². The third-order valence-electron chi connectivity index (χ3n) is 3.22. The van der Waals surface area contributed by atoms with E-state index in [1.807, 2.05) is 18.2 Å². The zero-order valence-corrected chi connectivity index (χ0v) is 13.1. The normalized spacial score (nSPS) is 10.9. The molecule has 6 nitrogen and oxygen atoms in total. The molecule has 1 heterocycles. The van der Waals surface area contributed by atoms with Gasteiger partial charge in [0, 0.05) is 22.7 Å². The topological polar surface area (TPSA) is 80.7 Å². The quantitative estimate of drug-likeness (QED) is 0.404. The van der Waals surface area contributed by atoms with Gasteiger partial charge in [-0.2, -0.15) is 5.10 Å². The first-order valence-corrected chi connectivity index (χ1v) is 7.39. The fourth-order valence-corrected chi connectivity index (χ4v) is 2.15. The van der Waals surface area contributed by atoms with Gasteiger partial charge in [-0.3, -0.25) is 15.5 Å². The first-order valence-electron chi connectivity index (χ1n) is 7.01. The van der Waals surface area contributed by atoms with Crippen LogP contribution in [0.25, 0.3) is 11.3 Å². The molecule has 0 unspecified atom stereocenters. The van der Waals surface area contributed by atoms with Crippen LogP contribution in [0.4, 0.5) is 11.4 Å². The van der Waals surface area contributed by atoms with Crippen molar-refractivity contribution in [3.8, 4) is 11.3 Å². The maximum Gasteiger partial charge on any atom is 0.269 e. The predicted octanol–water partition coefficient (Wildman–Crippen LogP) is 4.95. The Labute approximate surface area is 142 Å². The first-order chi connectivity index (χ1) is 11.6. The standard InChI is InChI=1S/C17H12ClN3O3/c18-13-3-1-12(2-4-13)17-10-9-16(24-17)11-19-20-14-5-7-15(8-6-14)21(22)23/h1-11,20H/b19-11-. The summed E-state index contributed by atoms with van der Waals surface area (Å²) in [6.07, 6.45) is 1.53. The number of nitrogens with zero attached hydrogens (tertiary/aromatic N) is 2. The average Bonchev–Trinajstić information content (AvgIpc) is 3.05. The molecule has 0 aliphatic carbocycles. The summed E-state index contributed by atoms with van der Waals surface area (Å²) in [5.74, 6) is 1.29. The molecule has 0 atom stereocenters. The number of hydrazone groups is 1. The van der Waals surface area contributed by atoms with E-state index >= 15 is 0 Å². The number of furan rings is 1. The van der Waals surface area contributed by atoms with Crippen molar-refractivity contribution >= 4 is 29.2 Å². The van der Waals surface area contributed by atoms with E-state index in [-0.39, 0.29) is 5.69 Å². The monoisotopic (exact) mass is 341 g/mol. The van der Waals surface area contributed by atoms with Gasteiger partial charge in [0.25, 0.3) is 5.69 Å². The van der Waals surface area contributed by atoms with Gasteiger partial charge in [-0.15, -0.1) is 0 Å². The molecule has 0 radical (unpaired) electrons. The molecule has 0 aliphatic heterocycles. The third-order valence-corrected chi connectivity index (χ3v) is 3.47. The Kier molecular flexibility index (Phi) is 4.58. The van der Waals surface area contributed by atoms with Crippen LogP contribution in [0.2, 0.25) is 5.02 Å². The Balaban J connectivity index is 1.65. The highest BCUT2D eigenvalue weighted by atomic mass is 35.5. The number of hydrogen-bond acceptors (Lipinski definition) is 5. The zero-order valence-electron chi connectivity index (χ0n) is 12.3. The number of non-ortho nitro benzene ring substituents is 1. The molecule has 0 saturated heterocycles. The fraction of sp³-hybridized carbons (Fsp3) is 0. The lowest BCUT2D eigenvalue weighted by Crippen LogP contribution is -1.91. The van der Waals surface area contributed by atoms with E-state index in [4.69, 9.17) is 16.0 Å². The van der Waals surface area contributed by atoms with Crippen LogP contribution in [-0.4, -0.2) is 11.1 Å². The number of hydrogen-bond donors (Lipinski definition) is 1. The Morgan fingerprint density at radius 3 is 2.42 bits per heavy atom. The Hall–Kier alpha value is -3.12. The lowest BCUT2D eigenvalue weighted by Gasteiger charge is -1.98. The molecule has 3 rings (SSSR count). The van der Waals surface area contributed by atoms with Crippen molar-refractivity contribution in [2.24, 2.45) is 5.10 Å². The summed E-state index contributed by atoms with van der Waals surface area (Å²) in [6.45, 7) is 0. The number of anilines is 1. The van der Waals surface area contributed by atoms with E-state index in [1.54, 1.807) is 30.3 Å². The van der Waals surface area contributed by atoms with Crippen LogP contribution >= 0.6 is 11.6 Å². The second-order valence-corrected chi connectivity index (χ2v) is 5.32. The molecule has 0 aliphatic rings. The van der Waals surface area contributed by atoms with Crippen molar-refractivity contribution in [1.29, 1.82) is 0 Å². The molecule has 24 heavy (non-hydrogen) atoms. The molecular formula is C17H12ClN3O3. The molecule has 3 aromatic rings. The summed E-state index contributed by atoms with van der Waals surface area (Å²) in [5.41, 5.74) is 4.37. The Bertz CT molecular complexity index is 871. The van der Waals surface area contributed by atoms with Gasteiger partial charge < -0.3 is 4.42 Å². The lowest BCUT2D eigenvalue weighted by molar-refractivity contribution is -0.384. The summed E-state index contributed by atoms with van der Waals surface area (Å²) in [4.78, 5) is 10.1. The molecule has 1 N–H and O–H groups in total. The smallest absolute Gasteiger partial charge is 0.269 e. The minimum absolute atomic E-state index is 0.0307. The molecule has 1 aromatic heterocycles. The van der Waals surface area contributed by atoms with Crippen LogP contribution in [0.5, 0.6) is 0 Å². The van der Waals surface area contributed by atoms with Gasteiger partial charge in [-0.1, -0.05) is 11.6 Å². The Morgan fingerprint density at radius 2 is 1.75 bits per heavy atom. The van der Waals surface area contributed by atoms with E-state index in [2.05, 4.69) is 10.5 Å². The van der Waals surface area contributed by atoms with Crippen molar-refractivity contribution in [3.63, 3.8) is 0 Å². The Morgan fingerprint density at radius 1 is 1.04 bits per heavy atom. The summed E-state index contributed by atoms with van der Waals surface area (Å²) in [5, 5.41) is 15.3. The van der Waals surface area contributed by atoms with Gasteiger partial charge in [0.1, 0.15) is 11.5 Å². The molecule has 0 fully saturated rings. The summed E-state index contributed by atoms with van der Waals surface area (Å²) < 4.78 is 5.68. The number of benzene rings is 2. The van der Waals surface area contributed by atoms with E-state index in [1.165, 1.54) is 18.3 Å². The maximum absolute atomic E-state index is 10.6. The highest BCUT2D eigenvalue weighted by Gasteiger charge is 2.04. The summed E-state index contributed by atoms with van der Waals surface area (Å²) in [7, 11) is 0. The van der Waals surface area contributed by atoms with Crippen molar-refractivity contribution < 1.29 is 9.34 Å². The van der Waals surface area contributed by atoms with Crippen LogP contribution in [0.3, 0.4) is 0 Å². The van der Waals surface area contributed by atoms with Crippen molar-refractivity contribution in [2.75, 3.05) is 5.43 Å². The van der Waals surface area contributed by atoms with Crippen molar-refractivity contribution in [1.82, 2.24) is 0 Å². The summed E-state index contributed by atoms with van der Waals surface area (Å²) in [6, 6.07) is 16.9. The molecule has 0 saturated carbocycles. The second kappa shape index (κ2) is 6.97. The summed E-state index contributed by atoms with van der Waals surface area (Å²) >= 11 is 5.86. The third kappa shape index (κ3) is 3.80. The fourth-order valence-electron chi connectivity index (χ4n) is 2.02. The number of nitrogens with one attached hydrogen (secondary N) is 1. The average molecular weight is 342 g/mol. The van der Waals surface area contributed by atoms with Gasteiger partial charge in [0.15, 0.2) is 0 Å². The molecule has 7 heteroatoms. The number of halogens is 1. The van der Waals surface area contributed by atoms with Gasteiger partial charge in [-0.05, 0) is 48.5 Å². The molecular weight excluding hydrogens is 330 g/mol. The van der Waals surface area contributed by atoms with Gasteiger partial charge in [0.05, 0.1) is 16.8 Å². The van der Waals surface area contributed by atoms with Gasteiger partial charge >= 0.3 is 0 Å². The van der Waals surface area contributed by atoms with Gasteiger partial charge in [-0.25, -0.2) is 0 Å². The minimum Gasteiger partial charge on any atom is -0.455 e. The first kappa shape index (κ1) is 15.8. The van der Waals surface area contributed by atoms with Crippen molar-refractivity contribution in [3.05, 3.63) is 81.6 Å². The van der Waals surface area contributed by atoms with Crippen molar-refractivity contribution in [2.45, 2.75) is 0 Å².